The topological polar surface area (TPSA) is 46.2 Å². The van der Waals surface area contributed by atoms with Crippen molar-refractivity contribution in [2.75, 3.05) is 0 Å². The summed E-state index contributed by atoms with van der Waals surface area (Å²) in [4.78, 5) is 0. The Morgan fingerprint density at radius 1 is 0.889 bits per heavy atom. The fourth-order valence-electron chi connectivity index (χ4n) is 2.20. The van der Waals surface area contributed by atoms with Gasteiger partial charge >= 0.3 is 0 Å². The second kappa shape index (κ2) is 10.8. The van der Waals surface area contributed by atoms with Gasteiger partial charge in [0, 0.05) is 5.54 Å². The third-order valence-electron chi connectivity index (χ3n) is 4.02. The van der Waals surface area contributed by atoms with Gasteiger partial charge in [-0.1, -0.05) is 71.1 Å². The van der Waals surface area contributed by atoms with E-state index in [-0.39, 0.29) is 0 Å². The molecule has 0 aromatic carbocycles. The van der Waals surface area contributed by atoms with Crippen molar-refractivity contribution in [2.45, 2.75) is 103 Å². The first-order valence-corrected chi connectivity index (χ1v) is 7.97. The molecule has 0 radical (unpaired) electrons. The van der Waals surface area contributed by atoms with Crippen molar-refractivity contribution < 1.29 is 5.11 Å². The molecule has 0 saturated carbocycles. The molecule has 2 atom stereocenters. The minimum absolute atomic E-state index is 0.403. The van der Waals surface area contributed by atoms with Crippen LogP contribution in [0.25, 0.3) is 0 Å². The molecule has 0 rings (SSSR count). The van der Waals surface area contributed by atoms with Crippen molar-refractivity contribution in [2.24, 2.45) is 5.73 Å². The second-order valence-corrected chi connectivity index (χ2v) is 6.11. The standard InChI is InChI=1S/C16H35NO/c1-4-5-6-7-8-9-10-11-12-13-14-16(3,17)15(2)18/h15,18H,4-14,17H2,1-3H3. The van der Waals surface area contributed by atoms with E-state index in [4.69, 9.17) is 5.73 Å². The summed E-state index contributed by atoms with van der Waals surface area (Å²) in [5, 5.41) is 9.50. The van der Waals surface area contributed by atoms with Crippen LogP contribution in [0.2, 0.25) is 0 Å². The van der Waals surface area contributed by atoms with E-state index in [0.29, 0.717) is 0 Å². The van der Waals surface area contributed by atoms with Crippen LogP contribution in [0.3, 0.4) is 0 Å². The lowest BCUT2D eigenvalue weighted by Gasteiger charge is -2.27. The van der Waals surface area contributed by atoms with Crippen LogP contribution >= 0.6 is 0 Å². The van der Waals surface area contributed by atoms with Crippen molar-refractivity contribution in [1.82, 2.24) is 0 Å². The van der Waals surface area contributed by atoms with Gasteiger partial charge in [0.15, 0.2) is 0 Å². The van der Waals surface area contributed by atoms with Crippen molar-refractivity contribution in [3.05, 3.63) is 0 Å². The van der Waals surface area contributed by atoms with Gasteiger partial charge in [-0.15, -0.1) is 0 Å². The number of hydrogen-bond donors (Lipinski definition) is 2. The SMILES string of the molecule is CCCCCCCCCCCCC(C)(N)C(C)O. The van der Waals surface area contributed by atoms with E-state index in [1.165, 1.54) is 57.8 Å². The molecule has 2 heteroatoms. The third-order valence-corrected chi connectivity index (χ3v) is 4.02. The molecule has 0 aliphatic carbocycles. The van der Waals surface area contributed by atoms with E-state index < -0.39 is 11.6 Å². The van der Waals surface area contributed by atoms with Gasteiger partial charge in [0.25, 0.3) is 0 Å². The monoisotopic (exact) mass is 257 g/mol. The molecule has 0 spiro atoms. The minimum atomic E-state index is -0.406. The second-order valence-electron chi connectivity index (χ2n) is 6.11. The van der Waals surface area contributed by atoms with Crippen LogP contribution < -0.4 is 5.73 Å². The number of hydrogen-bond acceptors (Lipinski definition) is 2. The molecule has 0 aromatic rings. The zero-order valence-corrected chi connectivity index (χ0v) is 12.9. The van der Waals surface area contributed by atoms with Crippen LogP contribution in [0.5, 0.6) is 0 Å². The maximum Gasteiger partial charge on any atom is 0.0688 e. The van der Waals surface area contributed by atoms with E-state index in [2.05, 4.69) is 6.92 Å². The van der Waals surface area contributed by atoms with Crippen LogP contribution in [-0.2, 0) is 0 Å². The number of aliphatic hydroxyl groups is 1. The highest BCUT2D eigenvalue weighted by atomic mass is 16.3. The summed E-state index contributed by atoms with van der Waals surface area (Å²) in [7, 11) is 0. The van der Waals surface area contributed by atoms with Gasteiger partial charge in [-0.25, -0.2) is 0 Å². The quantitative estimate of drug-likeness (QED) is 0.509. The van der Waals surface area contributed by atoms with Crippen molar-refractivity contribution in [3.8, 4) is 0 Å². The molecule has 0 aromatic heterocycles. The summed E-state index contributed by atoms with van der Waals surface area (Å²) in [6.07, 6.45) is 14.0. The number of unbranched alkanes of at least 4 members (excludes halogenated alkanes) is 9. The van der Waals surface area contributed by atoms with Crippen LogP contribution in [0.15, 0.2) is 0 Å². The van der Waals surface area contributed by atoms with Crippen molar-refractivity contribution in [1.29, 1.82) is 0 Å². The lowest BCUT2D eigenvalue weighted by molar-refractivity contribution is 0.103. The number of nitrogens with two attached hydrogens (primary N) is 1. The van der Waals surface area contributed by atoms with Crippen LogP contribution in [-0.4, -0.2) is 16.7 Å². The van der Waals surface area contributed by atoms with Crippen molar-refractivity contribution in [3.63, 3.8) is 0 Å². The van der Waals surface area contributed by atoms with E-state index in [9.17, 15) is 5.11 Å². The molecular formula is C16H35NO. The average Bonchev–Trinajstić information content (AvgIpc) is 2.31. The molecular weight excluding hydrogens is 222 g/mol. The Hall–Kier alpha value is -0.0800. The summed E-state index contributed by atoms with van der Waals surface area (Å²) in [5.74, 6) is 0. The van der Waals surface area contributed by atoms with Gasteiger partial charge in [0.05, 0.1) is 6.10 Å². The predicted molar refractivity (Wildman–Crippen MR) is 80.7 cm³/mol. The number of rotatable bonds is 12. The first kappa shape index (κ1) is 17.9. The lowest BCUT2D eigenvalue weighted by atomic mass is 9.90. The molecule has 0 heterocycles. The van der Waals surface area contributed by atoms with E-state index in [1.807, 2.05) is 6.92 Å². The molecule has 3 N–H and O–H groups in total. The summed E-state index contributed by atoms with van der Waals surface area (Å²) in [6.45, 7) is 6.00. The van der Waals surface area contributed by atoms with E-state index in [0.717, 1.165) is 12.8 Å². The molecule has 0 saturated heterocycles. The molecule has 0 amide bonds. The Labute approximate surface area is 114 Å². The smallest absolute Gasteiger partial charge is 0.0688 e. The maximum atomic E-state index is 9.50. The van der Waals surface area contributed by atoms with Crippen LogP contribution in [0.4, 0.5) is 0 Å². The lowest BCUT2D eigenvalue weighted by Crippen LogP contribution is -2.46. The Morgan fingerprint density at radius 2 is 1.28 bits per heavy atom. The highest BCUT2D eigenvalue weighted by Crippen LogP contribution is 2.17. The van der Waals surface area contributed by atoms with E-state index >= 15 is 0 Å². The Balaban J connectivity index is 3.21. The summed E-state index contributed by atoms with van der Waals surface area (Å²) >= 11 is 0. The molecule has 0 fully saturated rings. The molecule has 2 unspecified atom stereocenters. The maximum absolute atomic E-state index is 9.50. The van der Waals surface area contributed by atoms with Gasteiger partial charge in [0.1, 0.15) is 0 Å². The fourth-order valence-corrected chi connectivity index (χ4v) is 2.20. The molecule has 0 bridgehead atoms. The zero-order valence-electron chi connectivity index (χ0n) is 12.9. The normalized spacial score (nSPS) is 16.5. The van der Waals surface area contributed by atoms with Gasteiger partial charge in [-0.2, -0.15) is 0 Å². The average molecular weight is 257 g/mol. The van der Waals surface area contributed by atoms with Gasteiger partial charge in [-0.3, -0.25) is 0 Å². The zero-order chi connectivity index (χ0) is 13.9. The van der Waals surface area contributed by atoms with Crippen LogP contribution in [0.1, 0.15) is 91.4 Å². The number of aliphatic hydroxyl groups excluding tert-OH is 1. The van der Waals surface area contributed by atoms with Crippen molar-refractivity contribution >= 4 is 0 Å². The summed E-state index contributed by atoms with van der Waals surface area (Å²) in [5.41, 5.74) is 5.62. The van der Waals surface area contributed by atoms with Gasteiger partial charge < -0.3 is 10.8 Å². The third kappa shape index (κ3) is 9.90. The largest absolute Gasteiger partial charge is 0.392 e. The summed E-state index contributed by atoms with van der Waals surface area (Å²) < 4.78 is 0. The van der Waals surface area contributed by atoms with Crippen LogP contribution in [0, 0.1) is 0 Å². The predicted octanol–water partition coefficient (Wildman–Crippen LogP) is 4.40. The molecule has 0 aliphatic rings. The molecule has 0 aliphatic heterocycles. The highest BCUT2D eigenvalue weighted by Gasteiger charge is 2.23. The Kier molecular flexibility index (Phi) is 10.8. The Morgan fingerprint density at radius 3 is 1.67 bits per heavy atom. The molecule has 2 nitrogen and oxygen atoms in total. The van der Waals surface area contributed by atoms with Gasteiger partial charge in [0.2, 0.25) is 0 Å². The molecule has 18 heavy (non-hydrogen) atoms. The van der Waals surface area contributed by atoms with E-state index in [1.54, 1.807) is 6.92 Å². The minimum Gasteiger partial charge on any atom is -0.392 e. The summed E-state index contributed by atoms with van der Waals surface area (Å²) in [6, 6.07) is 0. The Bertz CT molecular complexity index is 178. The fraction of sp³-hybridized carbons (Fsp3) is 1.00. The van der Waals surface area contributed by atoms with Gasteiger partial charge in [-0.05, 0) is 20.3 Å². The highest BCUT2D eigenvalue weighted by molar-refractivity contribution is 4.83. The first-order chi connectivity index (χ1) is 8.50. The first-order valence-electron chi connectivity index (χ1n) is 7.97. The molecule has 110 valence electrons.